The number of non-ortho nitro benzene ring substituents is 1. The summed E-state index contributed by atoms with van der Waals surface area (Å²) in [7, 11) is 0. The minimum absolute atomic E-state index is 0.0481. The predicted molar refractivity (Wildman–Crippen MR) is 120 cm³/mol. The van der Waals surface area contributed by atoms with E-state index >= 15 is 0 Å². The predicted octanol–water partition coefficient (Wildman–Crippen LogP) is 4.41. The molecule has 0 bridgehead atoms. The summed E-state index contributed by atoms with van der Waals surface area (Å²) in [6.45, 7) is 0. The van der Waals surface area contributed by atoms with E-state index in [4.69, 9.17) is 4.74 Å². The molecule has 11 nitrogen and oxygen atoms in total. The van der Waals surface area contributed by atoms with E-state index in [1.165, 1.54) is 48.5 Å². The maximum Gasteiger partial charge on any atom is 0.350 e. The van der Waals surface area contributed by atoms with E-state index < -0.39 is 50.2 Å². The molecule has 12 heteroatoms. The van der Waals surface area contributed by atoms with Crippen molar-refractivity contribution >= 4 is 35.0 Å². The highest BCUT2D eigenvalue weighted by molar-refractivity contribution is 6.09. The number of nitro benzene ring substituents is 2. The van der Waals surface area contributed by atoms with E-state index in [0.717, 1.165) is 24.3 Å². The van der Waals surface area contributed by atoms with Gasteiger partial charge in [-0.2, -0.15) is 5.26 Å². The number of nitrogens with one attached hydrogen (secondary N) is 1. The van der Waals surface area contributed by atoms with E-state index in [1.807, 2.05) is 0 Å². The largest absolute Gasteiger partial charge is 0.423 e. The number of ether oxygens (including phenoxy) is 1. The molecule has 0 atom stereocenters. The Morgan fingerprint density at radius 2 is 1.69 bits per heavy atom. The first-order valence-electron chi connectivity index (χ1n) is 9.62. The van der Waals surface area contributed by atoms with E-state index in [2.05, 4.69) is 5.32 Å². The fourth-order valence-corrected chi connectivity index (χ4v) is 2.83. The number of nitro groups is 2. The Bertz CT molecular complexity index is 1410. The highest BCUT2D eigenvalue weighted by atomic mass is 19.1. The zero-order valence-electron chi connectivity index (χ0n) is 17.5. The van der Waals surface area contributed by atoms with Crippen LogP contribution in [-0.4, -0.2) is 21.7 Å². The molecule has 0 aliphatic carbocycles. The van der Waals surface area contributed by atoms with Gasteiger partial charge in [0.25, 0.3) is 17.3 Å². The van der Waals surface area contributed by atoms with Gasteiger partial charge in [-0.3, -0.25) is 25.0 Å². The highest BCUT2D eigenvalue weighted by Gasteiger charge is 2.21. The van der Waals surface area contributed by atoms with Crippen LogP contribution < -0.4 is 10.1 Å². The molecule has 0 aliphatic rings. The molecule has 0 aromatic heterocycles. The molecule has 3 aromatic carbocycles. The molecular weight excluding hydrogens is 463 g/mol. The molecule has 3 rings (SSSR count). The van der Waals surface area contributed by atoms with Crippen LogP contribution in [0.2, 0.25) is 0 Å². The molecule has 0 radical (unpaired) electrons. The Morgan fingerprint density at radius 1 is 1.00 bits per heavy atom. The number of amides is 1. The van der Waals surface area contributed by atoms with Gasteiger partial charge in [0, 0.05) is 18.2 Å². The molecule has 1 amide bonds. The lowest BCUT2D eigenvalue weighted by atomic mass is 10.1. The topological polar surface area (TPSA) is 165 Å². The third-order valence-electron chi connectivity index (χ3n) is 4.50. The van der Waals surface area contributed by atoms with Crippen LogP contribution >= 0.6 is 0 Å². The standard InChI is InChI=1S/C23H13FN4O7/c24-19-10-7-16(27(31)32)12-20(19)26-22(29)15(13-25)11-14-5-8-17(9-6-14)35-23(30)18-3-1-2-4-21(18)28(33)34/h1-12H,(H,26,29). The third kappa shape index (κ3) is 5.88. The summed E-state index contributed by atoms with van der Waals surface area (Å²) < 4.78 is 19.1. The van der Waals surface area contributed by atoms with Crippen molar-refractivity contribution in [1.29, 1.82) is 5.26 Å². The number of rotatable bonds is 7. The second-order valence-electron chi connectivity index (χ2n) is 6.78. The van der Waals surface area contributed by atoms with Crippen LogP contribution in [0.4, 0.5) is 21.5 Å². The zero-order valence-corrected chi connectivity index (χ0v) is 17.5. The fraction of sp³-hybridized carbons (Fsp3) is 0. The van der Waals surface area contributed by atoms with Crippen molar-refractivity contribution in [1.82, 2.24) is 0 Å². The molecule has 174 valence electrons. The van der Waals surface area contributed by atoms with E-state index in [9.17, 15) is 39.5 Å². The van der Waals surface area contributed by atoms with Gasteiger partial charge in [-0.25, -0.2) is 9.18 Å². The lowest BCUT2D eigenvalue weighted by Crippen LogP contribution is -2.14. The smallest absolute Gasteiger partial charge is 0.350 e. The quantitative estimate of drug-likeness (QED) is 0.131. The van der Waals surface area contributed by atoms with Gasteiger partial charge in [0.05, 0.1) is 15.5 Å². The number of benzene rings is 3. The molecule has 3 aromatic rings. The average molecular weight is 476 g/mol. The Hall–Kier alpha value is -5.44. The number of halogens is 1. The Kier molecular flexibility index (Phi) is 7.23. The Morgan fingerprint density at radius 3 is 2.31 bits per heavy atom. The molecule has 0 aliphatic heterocycles. The lowest BCUT2D eigenvalue weighted by molar-refractivity contribution is -0.385. The van der Waals surface area contributed by atoms with E-state index in [0.29, 0.717) is 5.56 Å². The first-order chi connectivity index (χ1) is 16.7. The fourth-order valence-electron chi connectivity index (χ4n) is 2.83. The van der Waals surface area contributed by atoms with Crippen LogP contribution in [0.5, 0.6) is 5.75 Å². The Labute approximate surface area is 196 Å². The second-order valence-corrected chi connectivity index (χ2v) is 6.78. The van der Waals surface area contributed by atoms with Crippen LogP contribution in [0.1, 0.15) is 15.9 Å². The molecule has 0 unspecified atom stereocenters. The van der Waals surface area contributed by atoms with Crippen LogP contribution in [0, 0.1) is 37.4 Å². The summed E-state index contributed by atoms with van der Waals surface area (Å²) in [5, 5.41) is 33.3. The number of carbonyl (C=O) groups excluding carboxylic acids is 2. The first kappa shape index (κ1) is 24.2. The van der Waals surface area contributed by atoms with Crippen molar-refractivity contribution in [2.75, 3.05) is 5.32 Å². The number of esters is 1. The third-order valence-corrected chi connectivity index (χ3v) is 4.50. The minimum Gasteiger partial charge on any atom is -0.423 e. The Balaban J connectivity index is 1.75. The molecule has 0 spiro atoms. The van der Waals surface area contributed by atoms with Gasteiger partial charge in [0.15, 0.2) is 0 Å². The molecule has 0 fully saturated rings. The van der Waals surface area contributed by atoms with Crippen molar-refractivity contribution in [3.63, 3.8) is 0 Å². The minimum atomic E-state index is -1.00. The molecule has 0 heterocycles. The SMILES string of the molecule is N#CC(=Cc1ccc(OC(=O)c2ccccc2[N+](=O)[O-])cc1)C(=O)Nc1cc([N+](=O)[O-])ccc1F. The molecule has 0 saturated carbocycles. The normalized spacial score (nSPS) is 10.7. The highest BCUT2D eigenvalue weighted by Crippen LogP contribution is 2.23. The van der Waals surface area contributed by atoms with E-state index in [-0.39, 0.29) is 11.3 Å². The van der Waals surface area contributed by atoms with Crippen LogP contribution in [0.15, 0.2) is 72.3 Å². The summed E-state index contributed by atoms with van der Waals surface area (Å²) in [6.07, 6.45) is 1.16. The molecule has 35 heavy (non-hydrogen) atoms. The van der Waals surface area contributed by atoms with Gasteiger partial charge in [0.2, 0.25) is 0 Å². The second kappa shape index (κ2) is 10.5. The van der Waals surface area contributed by atoms with Crippen molar-refractivity contribution in [3.8, 4) is 11.8 Å². The number of nitriles is 1. The van der Waals surface area contributed by atoms with Crippen LogP contribution in [-0.2, 0) is 4.79 Å². The van der Waals surface area contributed by atoms with Crippen LogP contribution in [0.3, 0.4) is 0 Å². The number of anilines is 1. The summed E-state index contributed by atoms with van der Waals surface area (Å²) in [5.74, 6) is -2.83. The summed E-state index contributed by atoms with van der Waals surface area (Å²) in [4.78, 5) is 45.1. The van der Waals surface area contributed by atoms with Gasteiger partial charge in [-0.1, -0.05) is 24.3 Å². The molecule has 0 saturated heterocycles. The number of carbonyl (C=O) groups is 2. The number of hydrogen-bond acceptors (Lipinski definition) is 8. The van der Waals surface area contributed by atoms with E-state index in [1.54, 1.807) is 6.07 Å². The van der Waals surface area contributed by atoms with Gasteiger partial charge < -0.3 is 10.1 Å². The lowest BCUT2D eigenvalue weighted by Gasteiger charge is -2.07. The maximum atomic E-state index is 13.9. The van der Waals surface area contributed by atoms with Crippen molar-refractivity contribution in [2.45, 2.75) is 0 Å². The maximum absolute atomic E-state index is 13.9. The summed E-state index contributed by atoms with van der Waals surface area (Å²) in [5.41, 5.74) is -1.67. The number of para-hydroxylation sites is 1. The summed E-state index contributed by atoms with van der Waals surface area (Å²) >= 11 is 0. The monoisotopic (exact) mass is 476 g/mol. The van der Waals surface area contributed by atoms with Gasteiger partial charge in [-0.05, 0) is 35.9 Å². The van der Waals surface area contributed by atoms with Crippen molar-refractivity contribution in [3.05, 3.63) is 109 Å². The zero-order chi connectivity index (χ0) is 25.5. The molecule has 1 N–H and O–H groups in total. The van der Waals surface area contributed by atoms with Crippen molar-refractivity contribution in [2.24, 2.45) is 0 Å². The average Bonchev–Trinajstić information content (AvgIpc) is 2.84. The number of hydrogen-bond donors (Lipinski definition) is 1. The van der Waals surface area contributed by atoms with Crippen LogP contribution in [0.25, 0.3) is 6.08 Å². The number of nitrogens with zero attached hydrogens (tertiary/aromatic N) is 3. The van der Waals surface area contributed by atoms with Gasteiger partial charge >= 0.3 is 5.97 Å². The van der Waals surface area contributed by atoms with Gasteiger partial charge in [-0.15, -0.1) is 0 Å². The van der Waals surface area contributed by atoms with Crippen molar-refractivity contribution < 1.29 is 28.6 Å². The van der Waals surface area contributed by atoms with Gasteiger partial charge in [0.1, 0.15) is 28.8 Å². The first-order valence-corrected chi connectivity index (χ1v) is 9.62. The summed E-state index contributed by atoms with van der Waals surface area (Å²) in [6, 6.07) is 15.0. The molecular formula is C23H13FN4O7.